The van der Waals surface area contributed by atoms with Crippen LogP contribution in [-0.2, 0) is 9.59 Å². The van der Waals surface area contributed by atoms with Crippen molar-refractivity contribution in [3.8, 4) is 0 Å². The van der Waals surface area contributed by atoms with E-state index in [1.807, 2.05) is 6.92 Å². The third-order valence-electron chi connectivity index (χ3n) is 2.33. The number of carbonyl (C=O) groups is 2. The van der Waals surface area contributed by atoms with Crippen LogP contribution < -0.4 is 5.32 Å². The Kier molecular flexibility index (Phi) is 7.13. The molecule has 0 spiro atoms. The quantitative estimate of drug-likeness (QED) is 0.659. The van der Waals surface area contributed by atoms with Crippen molar-refractivity contribution in [2.24, 2.45) is 5.92 Å². The molecule has 0 aromatic carbocycles. The van der Waals surface area contributed by atoms with Crippen LogP contribution in [-0.4, -0.2) is 28.9 Å². The molecule has 0 saturated heterocycles. The lowest BCUT2D eigenvalue weighted by Crippen LogP contribution is -2.44. The molecule has 0 aliphatic carbocycles. The van der Waals surface area contributed by atoms with Crippen molar-refractivity contribution < 1.29 is 14.7 Å². The zero-order chi connectivity index (χ0) is 11.8. The average Bonchev–Trinajstić information content (AvgIpc) is 2.21. The van der Waals surface area contributed by atoms with E-state index >= 15 is 0 Å². The van der Waals surface area contributed by atoms with Gasteiger partial charge in [0, 0.05) is 12.3 Å². The lowest BCUT2D eigenvalue weighted by atomic mass is 9.99. The van der Waals surface area contributed by atoms with Gasteiger partial charge in [0.15, 0.2) is 0 Å². The summed E-state index contributed by atoms with van der Waals surface area (Å²) in [5.41, 5.74) is 0. The summed E-state index contributed by atoms with van der Waals surface area (Å²) in [6, 6.07) is -0.794. The van der Waals surface area contributed by atoms with Crippen LogP contribution in [0.1, 0.15) is 33.1 Å². The third-order valence-corrected chi connectivity index (χ3v) is 2.60. The Morgan fingerprint density at radius 3 is 2.47 bits per heavy atom. The fourth-order valence-electron chi connectivity index (χ4n) is 1.16. The number of halogens is 1. The van der Waals surface area contributed by atoms with Gasteiger partial charge in [-0.25, -0.2) is 4.79 Å². The summed E-state index contributed by atoms with van der Waals surface area (Å²) in [6.07, 6.45) is 1.57. The topological polar surface area (TPSA) is 66.4 Å². The fourth-order valence-corrected chi connectivity index (χ4v) is 1.29. The first-order valence-electron chi connectivity index (χ1n) is 5.11. The van der Waals surface area contributed by atoms with Crippen molar-refractivity contribution in [1.82, 2.24) is 5.32 Å². The molecule has 0 aliphatic heterocycles. The number of carboxylic acids is 1. The van der Waals surface area contributed by atoms with Gasteiger partial charge in [0.1, 0.15) is 6.04 Å². The number of nitrogens with one attached hydrogen (secondary N) is 1. The van der Waals surface area contributed by atoms with E-state index in [1.165, 1.54) is 0 Å². The minimum Gasteiger partial charge on any atom is -0.480 e. The van der Waals surface area contributed by atoms with E-state index in [0.29, 0.717) is 18.7 Å². The van der Waals surface area contributed by atoms with Gasteiger partial charge in [0.05, 0.1) is 0 Å². The van der Waals surface area contributed by atoms with E-state index in [4.69, 9.17) is 16.7 Å². The molecule has 0 aromatic rings. The molecule has 0 aromatic heterocycles. The van der Waals surface area contributed by atoms with Crippen LogP contribution in [0.4, 0.5) is 0 Å². The molecule has 15 heavy (non-hydrogen) atoms. The molecule has 0 saturated carbocycles. The first kappa shape index (κ1) is 14.2. The Morgan fingerprint density at radius 1 is 1.47 bits per heavy atom. The van der Waals surface area contributed by atoms with Crippen LogP contribution in [0, 0.1) is 5.92 Å². The van der Waals surface area contributed by atoms with Gasteiger partial charge in [-0.15, -0.1) is 11.6 Å². The molecule has 0 radical (unpaired) electrons. The number of carboxylic acid groups (broad SMARTS) is 1. The Bertz CT molecular complexity index is 221. The predicted octanol–water partition coefficient (Wildman–Crippen LogP) is 1.62. The molecule has 4 nitrogen and oxygen atoms in total. The van der Waals surface area contributed by atoms with Crippen LogP contribution >= 0.6 is 11.6 Å². The van der Waals surface area contributed by atoms with Gasteiger partial charge in [-0.1, -0.05) is 20.3 Å². The second-order valence-corrected chi connectivity index (χ2v) is 3.94. The number of aliphatic carboxylic acids is 1. The average molecular weight is 236 g/mol. The van der Waals surface area contributed by atoms with E-state index in [-0.39, 0.29) is 18.2 Å². The van der Waals surface area contributed by atoms with E-state index < -0.39 is 12.0 Å². The largest absolute Gasteiger partial charge is 0.480 e. The summed E-state index contributed by atoms with van der Waals surface area (Å²) in [7, 11) is 0. The van der Waals surface area contributed by atoms with Gasteiger partial charge >= 0.3 is 5.97 Å². The second-order valence-electron chi connectivity index (χ2n) is 3.56. The number of carbonyl (C=O) groups excluding carboxylic acids is 1. The van der Waals surface area contributed by atoms with Gasteiger partial charge in [-0.05, 0) is 12.3 Å². The summed E-state index contributed by atoms with van der Waals surface area (Å²) in [6.45, 7) is 3.70. The number of hydrogen-bond acceptors (Lipinski definition) is 2. The lowest BCUT2D eigenvalue weighted by molar-refractivity contribution is -0.143. The van der Waals surface area contributed by atoms with Crippen molar-refractivity contribution in [3.05, 3.63) is 0 Å². The van der Waals surface area contributed by atoms with Crippen LogP contribution in [0.5, 0.6) is 0 Å². The second kappa shape index (κ2) is 7.51. The smallest absolute Gasteiger partial charge is 0.326 e. The minimum absolute atomic E-state index is 0.0672. The summed E-state index contributed by atoms with van der Waals surface area (Å²) in [5.74, 6) is -0.886. The minimum atomic E-state index is -0.983. The number of rotatable bonds is 7. The third kappa shape index (κ3) is 5.62. The van der Waals surface area contributed by atoms with Gasteiger partial charge in [0.2, 0.25) is 5.91 Å². The highest BCUT2D eigenvalue weighted by molar-refractivity contribution is 6.17. The molecular weight excluding hydrogens is 218 g/mol. The SMILES string of the molecule is CC[C@H](C)[C@@H](NC(=O)CCCCl)C(=O)O. The molecule has 0 fully saturated rings. The molecule has 0 rings (SSSR count). The molecule has 88 valence electrons. The molecule has 0 unspecified atom stereocenters. The summed E-state index contributed by atoms with van der Waals surface area (Å²) >= 11 is 5.44. The van der Waals surface area contributed by atoms with Crippen molar-refractivity contribution in [2.75, 3.05) is 5.88 Å². The van der Waals surface area contributed by atoms with E-state index in [1.54, 1.807) is 6.92 Å². The molecule has 0 heterocycles. The highest BCUT2D eigenvalue weighted by atomic mass is 35.5. The van der Waals surface area contributed by atoms with Gasteiger partial charge in [0.25, 0.3) is 0 Å². The molecule has 1 amide bonds. The van der Waals surface area contributed by atoms with E-state index in [9.17, 15) is 9.59 Å². The van der Waals surface area contributed by atoms with Gasteiger partial charge in [-0.3, -0.25) is 4.79 Å². The fraction of sp³-hybridized carbons (Fsp3) is 0.800. The molecule has 2 N–H and O–H groups in total. The van der Waals surface area contributed by atoms with Crippen molar-refractivity contribution in [3.63, 3.8) is 0 Å². The standard InChI is InChI=1S/C10H18ClNO3/c1-3-7(2)9(10(14)15)12-8(13)5-4-6-11/h7,9H,3-6H2,1-2H3,(H,12,13)(H,14,15)/t7-,9+/m0/s1. The maximum Gasteiger partial charge on any atom is 0.326 e. The van der Waals surface area contributed by atoms with Crippen LogP contribution in [0.2, 0.25) is 0 Å². The zero-order valence-electron chi connectivity index (χ0n) is 9.12. The Labute approximate surface area is 95.0 Å². The molecular formula is C10H18ClNO3. The maximum absolute atomic E-state index is 11.3. The summed E-state index contributed by atoms with van der Waals surface area (Å²) < 4.78 is 0. The Morgan fingerprint density at radius 2 is 2.07 bits per heavy atom. The van der Waals surface area contributed by atoms with Crippen LogP contribution in [0.25, 0.3) is 0 Å². The van der Waals surface area contributed by atoms with Crippen molar-refractivity contribution >= 4 is 23.5 Å². The van der Waals surface area contributed by atoms with Crippen molar-refractivity contribution in [2.45, 2.75) is 39.2 Å². The van der Waals surface area contributed by atoms with E-state index in [2.05, 4.69) is 5.32 Å². The lowest BCUT2D eigenvalue weighted by Gasteiger charge is -2.19. The molecule has 5 heteroatoms. The Hall–Kier alpha value is -0.770. The highest BCUT2D eigenvalue weighted by Gasteiger charge is 2.24. The summed E-state index contributed by atoms with van der Waals surface area (Å²) in [4.78, 5) is 22.2. The Balaban J connectivity index is 4.16. The molecule has 0 bridgehead atoms. The van der Waals surface area contributed by atoms with Gasteiger partial charge in [-0.2, -0.15) is 0 Å². The van der Waals surface area contributed by atoms with Crippen LogP contribution in [0.3, 0.4) is 0 Å². The number of alkyl halides is 1. The highest BCUT2D eigenvalue weighted by Crippen LogP contribution is 2.08. The first-order valence-corrected chi connectivity index (χ1v) is 5.64. The van der Waals surface area contributed by atoms with E-state index in [0.717, 1.165) is 0 Å². The monoisotopic (exact) mass is 235 g/mol. The van der Waals surface area contributed by atoms with Crippen molar-refractivity contribution in [1.29, 1.82) is 0 Å². The zero-order valence-corrected chi connectivity index (χ0v) is 9.88. The molecule has 0 aliphatic rings. The van der Waals surface area contributed by atoms with Crippen LogP contribution in [0.15, 0.2) is 0 Å². The number of amides is 1. The predicted molar refractivity (Wildman–Crippen MR) is 59.0 cm³/mol. The normalized spacial score (nSPS) is 14.3. The maximum atomic E-state index is 11.3. The molecule has 2 atom stereocenters. The first-order chi connectivity index (χ1) is 7.02. The van der Waals surface area contributed by atoms with Gasteiger partial charge < -0.3 is 10.4 Å². The summed E-state index contributed by atoms with van der Waals surface area (Å²) in [5, 5.41) is 11.4. The number of hydrogen-bond donors (Lipinski definition) is 2.